The molecule has 0 radical (unpaired) electrons. The number of benzene rings is 1. The molecule has 2 unspecified atom stereocenters. The van der Waals surface area contributed by atoms with Gasteiger partial charge in [-0.25, -0.2) is 0 Å². The summed E-state index contributed by atoms with van der Waals surface area (Å²) in [6.07, 6.45) is 5.56. The zero-order valence-electron chi connectivity index (χ0n) is 15.2. The largest absolute Gasteiger partial charge is 0.352 e. The third kappa shape index (κ3) is 5.27. The van der Waals surface area contributed by atoms with Crippen molar-refractivity contribution in [1.29, 1.82) is 0 Å². The summed E-state index contributed by atoms with van der Waals surface area (Å²) in [5.74, 6) is 0.560. The zero-order valence-corrected chi connectivity index (χ0v) is 16.2. The van der Waals surface area contributed by atoms with Gasteiger partial charge < -0.3 is 4.74 Å². The Labute approximate surface area is 145 Å². The molecular weight excluding hydrogens is 323 g/mol. The maximum absolute atomic E-state index is 12.5. The lowest BCUT2D eigenvalue weighted by atomic mass is 9.90. The van der Waals surface area contributed by atoms with Gasteiger partial charge in [0, 0.05) is 5.56 Å². The Balaban J connectivity index is 1.90. The summed E-state index contributed by atoms with van der Waals surface area (Å²) in [6, 6.07) is 3.86. The molecule has 0 heterocycles. The minimum atomic E-state index is -2.84. The van der Waals surface area contributed by atoms with Crippen LogP contribution >= 0.6 is 8.03 Å². The lowest BCUT2D eigenvalue weighted by Gasteiger charge is -2.23. The van der Waals surface area contributed by atoms with Crippen LogP contribution in [0.15, 0.2) is 12.1 Å². The van der Waals surface area contributed by atoms with Gasteiger partial charge >= 0.3 is 0 Å². The maximum atomic E-state index is 12.5. The minimum Gasteiger partial charge on any atom is -0.352 e. The van der Waals surface area contributed by atoms with E-state index in [1.54, 1.807) is 6.92 Å². The fourth-order valence-electron chi connectivity index (χ4n) is 3.50. The standard InChI is InChI=1S/C19H29O4P/c1-13-10-14(2)18(15(3)11-13)19(20)24(21)23-16(4)22-12-17-8-6-5-7-9-17/h10-11,16-17,24H,5-9,12H2,1-4H3. The summed E-state index contributed by atoms with van der Waals surface area (Å²) in [5.41, 5.74) is 2.88. The average Bonchev–Trinajstić information content (AvgIpc) is 2.52. The van der Waals surface area contributed by atoms with E-state index in [0.29, 0.717) is 18.1 Å². The van der Waals surface area contributed by atoms with Crippen LogP contribution in [-0.4, -0.2) is 18.4 Å². The van der Waals surface area contributed by atoms with Crippen LogP contribution < -0.4 is 0 Å². The van der Waals surface area contributed by atoms with Crippen molar-refractivity contribution < 1.29 is 18.6 Å². The average molecular weight is 352 g/mol. The molecule has 1 fully saturated rings. The van der Waals surface area contributed by atoms with Crippen molar-refractivity contribution in [2.24, 2.45) is 5.92 Å². The quantitative estimate of drug-likeness (QED) is 0.501. The van der Waals surface area contributed by atoms with Crippen LogP contribution in [0.2, 0.25) is 0 Å². The first kappa shape index (κ1) is 19.4. The van der Waals surface area contributed by atoms with Crippen molar-refractivity contribution in [3.63, 3.8) is 0 Å². The Morgan fingerprint density at radius 1 is 1.17 bits per heavy atom. The van der Waals surface area contributed by atoms with Gasteiger partial charge in [0.1, 0.15) is 0 Å². The van der Waals surface area contributed by atoms with E-state index < -0.39 is 19.8 Å². The lowest BCUT2D eigenvalue weighted by molar-refractivity contribution is -0.0776. The van der Waals surface area contributed by atoms with Gasteiger partial charge in [-0.05, 0) is 57.6 Å². The molecule has 134 valence electrons. The molecule has 1 saturated carbocycles. The van der Waals surface area contributed by atoms with Crippen LogP contribution in [0.3, 0.4) is 0 Å². The Kier molecular flexibility index (Phi) is 7.21. The van der Waals surface area contributed by atoms with Gasteiger partial charge in [-0.15, -0.1) is 0 Å². The second-order valence-corrected chi connectivity index (χ2v) is 8.18. The number of hydrogen-bond acceptors (Lipinski definition) is 4. The van der Waals surface area contributed by atoms with Crippen LogP contribution in [0.1, 0.15) is 66.1 Å². The second kappa shape index (κ2) is 8.94. The van der Waals surface area contributed by atoms with Gasteiger partial charge in [0.15, 0.2) is 6.29 Å². The Hall–Kier alpha value is -0.960. The molecule has 1 aromatic rings. The zero-order chi connectivity index (χ0) is 17.7. The minimum absolute atomic E-state index is 0.414. The van der Waals surface area contributed by atoms with Crippen molar-refractivity contribution in [3.05, 3.63) is 34.4 Å². The molecule has 0 spiro atoms. The number of carbonyl (C=O) groups excluding carboxylic acids is 1. The van der Waals surface area contributed by atoms with E-state index in [-0.39, 0.29) is 0 Å². The molecular formula is C19H29O4P. The highest BCUT2D eigenvalue weighted by Crippen LogP contribution is 2.34. The van der Waals surface area contributed by atoms with E-state index in [4.69, 9.17) is 9.26 Å². The number of hydrogen-bond donors (Lipinski definition) is 0. The topological polar surface area (TPSA) is 52.6 Å². The highest BCUT2D eigenvalue weighted by atomic mass is 31.1. The van der Waals surface area contributed by atoms with Crippen LogP contribution in [0.5, 0.6) is 0 Å². The molecule has 1 aliphatic carbocycles. The molecule has 0 aliphatic heterocycles. The van der Waals surface area contributed by atoms with Gasteiger partial charge in [-0.1, -0.05) is 37.0 Å². The molecule has 0 amide bonds. The second-order valence-electron chi connectivity index (χ2n) is 6.91. The molecule has 4 nitrogen and oxygen atoms in total. The third-order valence-corrected chi connectivity index (χ3v) is 5.82. The van der Waals surface area contributed by atoms with Crippen molar-refractivity contribution in [2.75, 3.05) is 6.61 Å². The summed E-state index contributed by atoms with van der Waals surface area (Å²) in [5, 5.41) is 0. The van der Waals surface area contributed by atoms with Crippen LogP contribution in [0, 0.1) is 26.7 Å². The van der Waals surface area contributed by atoms with Gasteiger partial charge in [0.2, 0.25) is 5.52 Å². The number of carbonyl (C=O) groups is 1. The van der Waals surface area contributed by atoms with Crippen molar-refractivity contribution in [1.82, 2.24) is 0 Å². The smallest absolute Gasteiger partial charge is 0.262 e. The predicted octanol–water partition coefficient (Wildman–Crippen LogP) is 5.19. The van der Waals surface area contributed by atoms with Gasteiger partial charge in [-0.2, -0.15) is 0 Å². The van der Waals surface area contributed by atoms with E-state index in [0.717, 1.165) is 16.7 Å². The summed E-state index contributed by atoms with van der Waals surface area (Å²) >= 11 is 0. The van der Waals surface area contributed by atoms with Crippen molar-refractivity contribution >= 4 is 13.6 Å². The molecule has 1 aliphatic rings. The summed E-state index contributed by atoms with van der Waals surface area (Å²) in [4.78, 5) is 12.5. The molecule has 5 heteroatoms. The first-order valence-electron chi connectivity index (χ1n) is 8.83. The first-order valence-corrected chi connectivity index (χ1v) is 10.1. The van der Waals surface area contributed by atoms with Crippen LogP contribution in [-0.2, 0) is 13.8 Å². The van der Waals surface area contributed by atoms with Gasteiger partial charge in [0.25, 0.3) is 8.03 Å². The highest BCUT2D eigenvalue weighted by molar-refractivity contribution is 7.60. The maximum Gasteiger partial charge on any atom is 0.262 e. The normalized spacial score (nSPS) is 18.3. The predicted molar refractivity (Wildman–Crippen MR) is 97.1 cm³/mol. The molecule has 2 atom stereocenters. The SMILES string of the molecule is Cc1cc(C)c(C(=O)[PH](=O)OC(C)OCC2CCCCC2)c(C)c1. The monoisotopic (exact) mass is 352 g/mol. The summed E-state index contributed by atoms with van der Waals surface area (Å²) in [6.45, 7) is 8.05. The number of aryl methyl sites for hydroxylation is 3. The molecule has 0 bridgehead atoms. The first-order chi connectivity index (χ1) is 11.4. The molecule has 1 aromatic carbocycles. The molecule has 24 heavy (non-hydrogen) atoms. The molecule has 0 saturated heterocycles. The molecule has 0 N–H and O–H groups in total. The Morgan fingerprint density at radius 2 is 1.75 bits per heavy atom. The third-order valence-electron chi connectivity index (χ3n) is 4.65. The molecule has 0 aromatic heterocycles. The van der Waals surface area contributed by atoms with E-state index in [1.807, 2.05) is 32.9 Å². The van der Waals surface area contributed by atoms with E-state index in [1.165, 1.54) is 32.1 Å². The van der Waals surface area contributed by atoms with Crippen LogP contribution in [0.4, 0.5) is 0 Å². The van der Waals surface area contributed by atoms with Crippen molar-refractivity contribution in [2.45, 2.75) is 66.1 Å². The Morgan fingerprint density at radius 3 is 2.33 bits per heavy atom. The number of rotatable bonds is 7. The highest BCUT2D eigenvalue weighted by Gasteiger charge is 2.22. The number of ether oxygens (including phenoxy) is 1. The fraction of sp³-hybridized carbons (Fsp3) is 0.632. The summed E-state index contributed by atoms with van der Waals surface area (Å²) in [7, 11) is -2.84. The summed E-state index contributed by atoms with van der Waals surface area (Å²) < 4.78 is 23.4. The Bertz CT molecular complexity index is 582. The fourth-order valence-corrected chi connectivity index (χ4v) is 4.58. The van der Waals surface area contributed by atoms with Crippen molar-refractivity contribution in [3.8, 4) is 0 Å². The van der Waals surface area contributed by atoms with Gasteiger partial charge in [0.05, 0.1) is 6.61 Å². The molecule has 2 rings (SSSR count). The van der Waals surface area contributed by atoms with Gasteiger partial charge in [-0.3, -0.25) is 13.9 Å². The van der Waals surface area contributed by atoms with Crippen LogP contribution in [0.25, 0.3) is 0 Å². The van der Waals surface area contributed by atoms with E-state index in [2.05, 4.69) is 0 Å². The lowest BCUT2D eigenvalue weighted by Crippen LogP contribution is -2.19. The van der Waals surface area contributed by atoms with E-state index in [9.17, 15) is 9.36 Å². The van der Waals surface area contributed by atoms with E-state index >= 15 is 0 Å².